The van der Waals surface area contributed by atoms with Crippen LogP contribution in [0, 0.1) is 0 Å². The van der Waals surface area contributed by atoms with Gasteiger partial charge in [-0.2, -0.15) is 16.1 Å². The molecule has 1 rings (SSSR count). The second-order valence-corrected chi connectivity index (χ2v) is 7.13. The standard InChI is InChI=1S/C10H21NO3S2/c1-3-8-16(12,13)11(5-6-14-2)10-4-7-15-9-10/h10H,3-9H2,1-2H3. The lowest BCUT2D eigenvalue weighted by molar-refractivity contribution is 0.169. The fourth-order valence-electron chi connectivity index (χ4n) is 1.85. The third-order valence-electron chi connectivity index (χ3n) is 2.65. The summed E-state index contributed by atoms with van der Waals surface area (Å²) in [4.78, 5) is 0. The van der Waals surface area contributed by atoms with E-state index in [9.17, 15) is 8.42 Å². The molecule has 1 fully saturated rings. The van der Waals surface area contributed by atoms with Crippen molar-refractivity contribution in [2.24, 2.45) is 0 Å². The molecule has 0 saturated carbocycles. The fourth-order valence-corrected chi connectivity index (χ4v) is 4.91. The molecule has 1 unspecified atom stereocenters. The molecule has 1 heterocycles. The summed E-state index contributed by atoms with van der Waals surface area (Å²) in [6.45, 7) is 2.86. The van der Waals surface area contributed by atoms with E-state index >= 15 is 0 Å². The van der Waals surface area contributed by atoms with Gasteiger partial charge in [-0.15, -0.1) is 0 Å². The summed E-state index contributed by atoms with van der Waals surface area (Å²) < 4.78 is 30.8. The van der Waals surface area contributed by atoms with Crippen LogP contribution in [-0.2, 0) is 14.8 Å². The Morgan fingerprint density at radius 3 is 2.75 bits per heavy atom. The molecule has 0 spiro atoms. The highest BCUT2D eigenvalue weighted by Gasteiger charge is 2.31. The maximum atomic E-state index is 12.1. The number of nitrogens with zero attached hydrogens (tertiary/aromatic N) is 1. The normalized spacial score (nSPS) is 21.8. The molecule has 0 N–H and O–H groups in total. The monoisotopic (exact) mass is 267 g/mol. The lowest BCUT2D eigenvalue weighted by Gasteiger charge is -2.27. The van der Waals surface area contributed by atoms with Crippen molar-refractivity contribution >= 4 is 21.8 Å². The highest BCUT2D eigenvalue weighted by molar-refractivity contribution is 7.99. The molecule has 0 bridgehead atoms. The van der Waals surface area contributed by atoms with Crippen molar-refractivity contribution < 1.29 is 13.2 Å². The maximum absolute atomic E-state index is 12.1. The average Bonchev–Trinajstić information content (AvgIpc) is 2.71. The minimum atomic E-state index is -3.09. The van der Waals surface area contributed by atoms with Gasteiger partial charge in [0.25, 0.3) is 0 Å². The topological polar surface area (TPSA) is 46.6 Å². The minimum Gasteiger partial charge on any atom is -0.383 e. The van der Waals surface area contributed by atoms with Crippen LogP contribution in [0.2, 0.25) is 0 Å². The van der Waals surface area contributed by atoms with E-state index in [0.29, 0.717) is 19.6 Å². The summed E-state index contributed by atoms with van der Waals surface area (Å²) in [7, 11) is -1.48. The molecule has 0 radical (unpaired) electrons. The maximum Gasteiger partial charge on any atom is 0.214 e. The van der Waals surface area contributed by atoms with Crippen molar-refractivity contribution in [3.05, 3.63) is 0 Å². The lowest BCUT2D eigenvalue weighted by Crippen LogP contribution is -2.43. The Morgan fingerprint density at radius 1 is 1.50 bits per heavy atom. The third-order valence-corrected chi connectivity index (χ3v) is 5.91. The Labute approximate surface area is 103 Å². The highest BCUT2D eigenvalue weighted by Crippen LogP contribution is 2.24. The van der Waals surface area contributed by atoms with Gasteiger partial charge in [-0.25, -0.2) is 8.42 Å². The van der Waals surface area contributed by atoms with Crippen LogP contribution in [0.4, 0.5) is 0 Å². The van der Waals surface area contributed by atoms with Crippen LogP contribution in [-0.4, -0.2) is 56.3 Å². The molecule has 6 heteroatoms. The van der Waals surface area contributed by atoms with Gasteiger partial charge in [-0.05, 0) is 18.6 Å². The zero-order valence-electron chi connectivity index (χ0n) is 10.0. The van der Waals surface area contributed by atoms with Gasteiger partial charge in [-0.1, -0.05) is 6.92 Å². The van der Waals surface area contributed by atoms with Crippen LogP contribution in [0.3, 0.4) is 0 Å². The number of rotatable bonds is 7. The first-order valence-electron chi connectivity index (χ1n) is 5.68. The van der Waals surface area contributed by atoms with E-state index in [1.165, 1.54) is 0 Å². The molecular weight excluding hydrogens is 246 g/mol. The van der Waals surface area contributed by atoms with Gasteiger partial charge in [-0.3, -0.25) is 0 Å². The molecule has 1 aliphatic heterocycles. The van der Waals surface area contributed by atoms with Gasteiger partial charge in [0.1, 0.15) is 0 Å². The highest BCUT2D eigenvalue weighted by atomic mass is 32.2. The molecule has 0 amide bonds. The van der Waals surface area contributed by atoms with Gasteiger partial charge in [0, 0.05) is 25.4 Å². The molecule has 0 aromatic heterocycles. The van der Waals surface area contributed by atoms with Crippen LogP contribution in [0.1, 0.15) is 19.8 Å². The van der Waals surface area contributed by atoms with Crippen molar-refractivity contribution in [3.8, 4) is 0 Å². The number of ether oxygens (including phenoxy) is 1. The number of hydrogen-bond acceptors (Lipinski definition) is 4. The zero-order chi connectivity index (χ0) is 12.0. The van der Waals surface area contributed by atoms with Crippen molar-refractivity contribution in [2.45, 2.75) is 25.8 Å². The summed E-state index contributed by atoms with van der Waals surface area (Å²) in [5.41, 5.74) is 0. The van der Waals surface area contributed by atoms with Crippen molar-refractivity contribution in [3.63, 3.8) is 0 Å². The molecule has 0 aromatic rings. The second-order valence-electron chi connectivity index (χ2n) is 3.94. The molecule has 1 aliphatic rings. The summed E-state index contributed by atoms with van der Waals surface area (Å²) >= 11 is 1.83. The summed E-state index contributed by atoms with van der Waals surface area (Å²) in [5, 5.41) is 0. The van der Waals surface area contributed by atoms with Gasteiger partial charge in [0.05, 0.1) is 12.4 Å². The number of sulfonamides is 1. The van der Waals surface area contributed by atoms with Gasteiger partial charge in [0.15, 0.2) is 0 Å². The Bertz CT molecular complexity index is 286. The van der Waals surface area contributed by atoms with E-state index in [0.717, 1.165) is 17.9 Å². The molecule has 0 aliphatic carbocycles. The summed E-state index contributed by atoms with van der Waals surface area (Å²) in [6.07, 6.45) is 1.64. The van der Waals surface area contributed by atoms with Crippen molar-refractivity contribution in [2.75, 3.05) is 37.5 Å². The fraction of sp³-hybridized carbons (Fsp3) is 1.00. The number of methoxy groups -OCH3 is 1. The molecule has 96 valence electrons. The van der Waals surface area contributed by atoms with Crippen LogP contribution >= 0.6 is 11.8 Å². The van der Waals surface area contributed by atoms with Gasteiger partial charge >= 0.3 is 0 Å². The van der Waals surface area contributed by atoms with E-state index in [1.54, 1.807) is 11.4 Å². The zero-order valence-corrected chi connectivity index (χ0v) is 11.6. The van der Waals surface area contributed by atoms with E-state index in [2.05, 4.69) is 0 Å². The van der Waals surface area contributed by atoms with Gasteiger partial charge in [0.2, 0.25) is 10.0 Å². The first-order valence-corrected chi connectivity index (χ1v) is 8.44. The Morgan fingerprint density at radius 2 is 2.25 bits per heavy atom. The van der Waals surface area contributed by atoms with Crippen molar-refractivity contribution in [1.29, 1.82) is 0 Å². The summed E-state index contributed by atoms with van der Waals surface area (Å²) in [6, 6.07) is 0.177. The van der Waals surface area contributed by atoms with Crippen LogP contribution in [0.15, 0.2) is 0 Å². The molecule has 1 saturated heterocycles. The Hall–Kier alpha value is 0.220. The Kier molecular flexibility index (Phi) is 6.10. The lowest BCUT2D eigenvalue weighted by atomic mass is 10.3. The van der Waals surface area contributed by atoms with Crippen LogP contribution in [0.5, 0.6) is 0 Å². The molecule has 1 atom stereocenters. The molecular formula is C10H21NO3S2. The van der Waals surface area contributed by atoms with E-state index in [4.69, 9.17) is 4.74 Å². The quantitative estimate of drug-likeness (QED) is 0.695. The third kappa shape index (κ3) is 3.91. The average molecular weight is 267 g/mol. The predicted molar refractivity (Wildman–Crippen MR) is 68.4 cm³/mol. The smallest absolute Gasteiger partial charge is 0.214 e. The van der Waals surface area contributed by atoms with Gasteiger partial charge < -0.3 is 4.74 Å². The number of hydrogen-bond donors (Lipinski definition) is 0. The Balaban J connectivity index is 2.69. The summed E-state index contributed by atoms with van der Waals surface area (Å²) in [5.74, 6) is 2.24. The minimum absolute atomic E-state index is 0.177. The number of thioether (sulfide) groups is 1. The molecule has 16 heavy (non-hydrogen) atoms. The first-order chi connectivity index (χ1) is 7.61. The SMILES string of the molecule is CCCS(=O)(=O)N(CCOC)C1CCSC1. The van der Waals surface area contributed by atoms with E-state index in [-0.39, 0.29) is 11.8 Å². The first kappa shape index (κ1) is 14.3. The van der Waals surface area contributed by atoms with Crippen LogP contribution < -0.4 is 0 Å². The van der Waals surface area contributed by atoms with E-state index in [1.807, 2.05) is 18.7 Å². The van der Waals surface area contributed by atoms with E-state index < -0.39 is 10.0 Å². The largest absolute Gasteiger partial charge is 0.383 e. The molecule has 0 aromatic carbocycles. The van der Waals surface area contributed by atoms with Crippen molar-refractivity contribution in [1.82, 2.24) is 4.31 Å². The molecule has 4 nitrogen and oxygen atoms in total. The predicted octanol–water partition coefficient (Wildman–Crippen LogP) is 1.18. The second kappa shape index (κ2) is 6.83. The van der Waals surface area contributed by atoms with Crippen LogP contribution in [0.25, 0.3) is 0 Å².